The van der Waals surface area contributed by atoms with Crippen LogP contribution in [0.5, 0.6) is 0 Å². The van der Waals surface area contributed by atoms with Gasteiger partial charge < -0.3 is 10.6 Å². The molecule has 0 aliphatic carbocycles. The number of likely N-dealkylation sites (tertiary alicyclic amines) is 1. The number of nitrogens with zero attached hydrogens (tertiary/aromatic N) is 2. The van der Waals surface area contributed by atoms with Gasteiger partial charge in [0.05, 0.1) is 11.4 Å². The summed E-state index contributed by atoms with van der Waals surface area (Å²) in [6.07, 6.45) is 9.09. The molecule has 3 heteroatoms. The molecule has 2 heterocycles. The number of hydrogen-bond donors (Lipinski definition) is 1. The fourth-order valence-electron chi connectivity index (χ4n) is 4.39. The first-order valence-electron chi connectivity index (χ1n) is 9.54. The van der Waals surface area contributed by atoms with Gasteiger partial charge in [-0.15, -0.1) is 0 Å². The summed E-state index contributed by atoms with van der Waals surface area (Å²) in [5, 5.41) is 0. The number of anilines is 2. The summed E-state index contributed by atoms with van der Waals surface area (Å²) in [7, 11) is 0. The van der Waals surface area contributed by atoms with Crippen LogP contribution in [-0.2, 0) is 6.42 Å². The molecule has 2 fully saturated rings. The summed E-state index contributed by atoms with van der Waals surface area (Å²) in [6, 6.07) is 8.23. The summed E-state index contributed by atoms with van der Waals surface area (Å²) in [5.41, 5.74) is 9.90. The number of benzene rings is 1. The third-order valence-electron chi connectivity index (χ3n) is 5.80. The molecule has 2 unspecified atom stereocenters. The molecule has 23 heavy (non-hydrogen) atoms. The Labute approximate surface area is 141 Å². The van der Waals surface area contributed by atoms with Crippen LogP contribution in [-0.4, -0.2) is 36.6 Å². The normalized spacial score (nSPS) is 25.9. The van der Waals surface area contributed by atoms with Crippen LogP contribution in [0.15, 0.2) is 18.2 Å². The zero-order chi connectivity index (χ0) is 16.2. The van der Waals surface area contributed by atoms with Gasteiger partial charge in [-0.2, -0.15) is 0 Å². The maximum atomic E-state index is 6.31. The number of nitrogen functional groups attached to an aromatic ring is 1. The van der Waals surface area contributed by atoms with Crippen molar-refractivity contribution in [2.75, 3.05) is 30.3 Å². The number of rotatable bonds is 5. The van der Waals surface area contributed by atoms with Crippen molar-refractivity contribution in [3.8, 4) is 0 Å². The van der Waals surface area contributed by atoms with Crippen molar-refractivity contribution in [2.45, 2.75) is 70.9 Å². The summed E-state index contributed by atoms with van der Waals surface area (Å²) >= 11 is 0. The Morgan fingerprint density at radius 2 is 1.74 bits per heavy atom. The second-order valence-electron chi connectivity index (χ2n) is 7.56. The predicted molar refractivity (Wildman–Crippen MR) is 100 cm³/mol. The van der Waals surface area contributed by atoms with Gasteiger partial charge in [-0.25, -0.2) is 0 Å². The van der Waals surface area contributed by atoms with Crippen LogP contribution < -0.4 is 10.6 Å². The van der Waals surface area contributed by atoms with Gasteiger partial charge in [0.15, 0.2) is 0 Å². The molecular weight excluding hydrogens is 282 g/mol. The number of piperidine rings is 1. The summed E-state index contributed by atoms with van der Waals surface area (Å²) in [5.74, 6) is 0. The van der Waals surface area contributed by atoms with Crippen molar-refractivity contribution in [3.63, 3.8) is 0 Å². The zero-order valence-electron chi connectivity index (χ0n) is 14.9. The Bertz CT molecular complexity index is 498. The van der Waals surface area contributed by atoms with Gasteiger partial charge in [0.2, 0.25) is 0 Å². The summed E-state index contributed by atoms with van der Waals surface area (Å²) < 4.78 is 0. The minimum Gasteiger partial charge on any atom is -0.397 e. The van der Waals surface area contributed by atoms with Crippen LogP contribution in [0.1, 0.15) is 57.9 Å². The fourth-order valence-corrected chi connectivity index (χ4v) is 4.39. The van der Waals surface area contributed by atoms with Crippen molar-refractivity contribution in [1.82, 2.24) is 4.90 Å². The summed E-state index contributed by atoms with van der Waals surface area (Å²) in [4.78, 5) is 5.13. The molecule has 2 aliphatic rings. The lowest BCUT2D eigenvalue weighted by atomic mass is 9.97. The molecule has 0 bridgehead atoms. The van der Waals surface area contributed by atoms with Gasteiger partial charge >= 0.3 is 0 Å². The molecule has 0 amide bonds. The highest BCUT2D eigenvalue weighted by Crippen LogP contribution is 2.28. The monoisotopic (exact) mass is 315 g/mol. The number of hydrogen-bond acceptors (Lipinski definition) is 3. The van der Waals surface area contributed by atoms with E-state index >= 15 is 0 Å². The molecule has 2 aliphatic heterocycles. The van der Waals surface area contributed by atoms with Crippen LogP contribution >= 0.6 is 0 Å². The molecule has 2 N–H and O–H groups in total. The lowest BCUT2D eigenvalue weighted by molar-refractivity contribution is 0.102. The standard InChI is InChI=1S/C20H33N3/c1-16-7-5-8-17(2)23(16)14-6-9-18-10-11-20(19(21)15-18)22-12-3-4-13-22/h10-11,15-17H,3-9,12-14,21H2,1-2H3. The van der Waals surface area contributed by atoms with Gasteiger partial charge in [-0.3, -0.25) is 4.90 Å². The Morgan fingerprint density at radius 1 is 1.04 bits per heavy atom. The van der Waals surface area contributed by atoms with E-state index in [1.807, 2.05) is 0 Å². The van der Waals surface area contributed by atoms with Gasteiger partial charge in [0.25, 0.3) is 0 Å². The second kappa shape index (κ2) is 7.57. The molecule has 3 nitrogen and oxygen atoms in total. The Kier molecular flexibility index (Phi) is 5.47. The molecule has 3 rings (SSSR count). The topological polar surface area (TPSA) is 32.5 Å². The lowest BCUT2D eigenvalue weighted by Gasteiger charge is -2.39. The fraction of sp³-hybridized carbons (Fsp3) is 0.700. The average Bonchev–Trinajstić information content (AvgIpc) is 3.04. The van der Waals surface area contributed by atoms with E-state index in [0.29, 0.717) is 0 Å². The first kappa shape index (κ1) is 16.6. The largest absolute Gasteiger partial charge is 0.397 e. The minimum absolute atomic E-state index is 0.751. The van der Waals surface area contributed by atoms with E-state index in [1.165, 1.54) is 56.3 Å². The highest BCUT2D eigenvalue weighted by atomic mass is 15.2. The highest BCUT2D eigenvalue weighted by Gasteiger charge is 2.23. The maximum absolute atomic E-state index is 6.31. The van der Waals surface area contributed by atoms with Crippen molar-refractivity contribution >= 4 is 11.4 Å². The SMILES string of the molecule is CC1CCCC(C)N1CCCc1ccc(N2CCCC2)c(N)c1. The lowest BCUT2D eigenvalue weighted by Crippen LogP contribution is -2.44. The Morgan fingerprint density at radius 3 is 2.39 bits per heavy atom. The summed E-state index contributed by atoms with van der Waals surface area (Å²) in [6.45, 7) is 8.32. The molecule has 128 valence electrons. The van der Waals surface area contributed by atoms with Gasteiger partial charge in [0.1, 0.15) is 0 Å². The third-order valence-corrected chi connectivity index (χ3v) is 5.80. The van der Waals surface area contributed by atoms with E-state index < -0.39 is 0 Å². The van der Waals surface area contributed by atoms with Crippen LogP contribution in [0.3, 0.4) is 0 Å². The maximum Gasteiger partial charge on any atom is 0.0600 e. The van der Waals surface area contributed by atoms with Crippen LogP contribution in [0.2, 0.25) is 0 Å². The van der Waals surface area contributed by atoms with E-state index in [4.69, 9.17) is 5.73 Å². The molecule has 2 saturated heterocycles. The second-order valence-corrected chi connectivity index (χ2v) is 7.56. The first-order chi connectivity index (χ1) is 11.1. The third kappa shape index (κ3) is 4.00. The van der Waals surface area contributed by atoms with Crippen molar-refractivity contribution < 1.29 is 0 Å². The molecular formula is C20H33N3. The quantitative estimate of drug-likeness (QED) is 0.832. The van der Waals surface area contributed by atoms with Crippen LogP contribution in [0.25, 0.3) is 0 Å². The highest BCUT2D eigenvalue weighted by molar-refractivity contribution is 5.68. The first-order valence-corrected chi connectivity index (χ1v) is 9.54. The molecule has 0 radical (unpaired) electrons. The molecule has 1 aromatic carbocycles. The van der Waals surface area contributed by atoms with E-state index in [-0.39, 0.29) is 0 Å². The Hall–Kier alpha value is -1.22. The van der Waals surface area contributed by atoms with Crippen molar-refractivity contribution in [1.29, 1.82) is 0 Å². The predicted octanol–water partition coefficient (Wildman–Crippen LogP) is 4.06. The van der Waals surface area contributed by atoms with Crippen LogP contribution in [0.4, 0.5) is 11.4 Å². The van der Waals surface area contributed by atoms with Crippen LogP contribution in [0, 0.1) is 0 Å². The van der Waals surface area contributed by atoms with E-state index in [2.05, 4.69) is 41.8 Å². The molecule has 0 aromatic heterocycles. The molecule has 2 atom stereocenters. The van der Waals surface area contributed by atoms with Crippen molar-refractivity contribution in [3.05, 3.63) is 23.8 Å². The number of nitrogens with two attached hydrogens (primary N) is 1. The van der Waals surface area contributed by atoms with Crippen molar-refractivity contribution in [2.24, 2.45) is 0 Å². The number of aryl methyl sites for hydroxylation is 1. The van der Waals surface area contributed by atoms with E-state index in [1.54, 1.807) is 0 Å². The minimum atomic E-state index is 0.751. The van der Waals surface area contributed by atoms with E-state index in [9.17, 15) is 0 Å². The Balaban J connectivity index is 1.53. The van der Waals surface area contributed by atoms with E-state index in [0.717, 1.165) is 37.3 Å². The average molecular weight is 316 g/mol. The van der Waals surface area contributed by atoms with Gasteiger partial charge in [-0.1, -0.05) is 12.5 Å². The molecule has 0 saturated carbocycles. The molecule has 0 spiro atoms. The van der Waals surface area contributed by atoms with Gasteiger partial charge in [0, 0.05) is 25.2 Å². The molecule has 1 aromatic rings. The zero-order valence-corrected chi connectivity index (χ0v) is 14.9. The van der Waals surface area contributed by atoms with Gasteiger partial charge in [-0.05, 0) is 76.6 Å². The smallest absolute Gasteiger partial charge is 0.0600 e.